The minimum atomic E-state index is -0.627. The highest BCUT2D eigenvalue weighted by Gasteiger charge is 2.38. The third-order valence-corrected chi connectivity index (χ3v) is 6.76. The summed E-state index contributed by atoms with van der Waals surface area (Å²) < 4.78 is 40.8. The quantitative estimate of drug-likeness (QED) is 0.784. The Morgan fingerprint density at radius 2 is 2.04 bits per heavy atom. The predicted octanol–water partition coefficient (Wildman–Crippen LogP) is 2.50. The van der Waals surface area contributed by atoms with Gasteiger partial charge in [-0.05, 0) is 31.5 Å². The first kappa shape index (κ1) is 18.5. The number of benzene rings is 1. The third kappa shape index (κ3) is 3.35. The fraction of sp³-hybridized carbons (Fsp3) is 0.526. The molecule has 2 aromatic rings. The summed E-state index contributed by atoms with van der Waals surface area (Å²) in [7, 11) is 0. The largest absolute Gasteiger partial charge is 0.370 e. The van der Waals surface area contributed by atoms with E-state index in [1.54, 1.807) is 11.9 Å². The zero-order valence-corrected chi connectivity index (χ0v) is 16.3. The van der Waals surface area contributed by atoms with Crippen LogP contribution in [-0.4, -0.2) is 44.8 Å². The second-order valence-electron chi connectivity index (χ2n) is 7.63. The zero-order valence-electron chi connectivity index (χ0n) is 15.5. The Bertz CT molecular complexity index is 904. The topological polar surface area (TPSA) is 68.8 Å². The van der Waals surface area contributed by atoms with Gasteiger partial charge >= 0.3 is 0 Å². The van der Waals surface area contributed by atoms with Crippen LogP contribution in [0.2, 0.25) is 0 Å². The number of nitrogens with zero attached hydrogens (tertiary/aromatic N) is 3. The van der Waals surface area contributed by atoms with Crippen LogP contribution >= 0.6 is 11.9 Å². The molecule has 0 bridgehead atoms. The molecule has 1 aromatic carbocycles. The first-order chi connectivity index (χ1) is 13.5. The first-order valence-corrected chi connectivity index (χ1v) is 10.3. The van der Waals surface area contributed by atoms with E-state index < -0.39 is 23.8 Å². The number of fused-ring (bicyclic) bond motifs is 1. The highest BCUT2D eigenvalue weighted by molar-refractivity contribution is 7.98. The van der Waals surface area contributed by atoms with Crippen LogP contribution in [0.15, 0.2) is 18.2 Å². The molecule has 0 saturated carbocycles. The molecule has 0 radical (unpaired) electrons. The molecule has 4 heterocycles. The summed E-state index contributed by atoms with van der Waals surface area (Å²) in [6.07, 6.45) is 0.0343. The van der Waals surface area contributed by atoms with Gasteiger partial charge in [0.25, 0.3) is 0 Å². The van der Waals surface area contributed by atoms with Crippen LogP contribution in [0.1, 0.15) is 35.0 Å². The van der Waals surface area contributed by atoms with Gasteiger partial charge in [-0.1, -0.05) is 0 Å². The molecule has 6 nitrogen and oxygen atoms in total. The number of ether oxygens (including phenoxy) is 2. The summed E-state index contributed by atoms with van der Waals surface area (Å²) in [5.74, 6) is -0.968. The van der Waals surface area contributed by atoms with Gasteiger partial charge in [-0.2, -0.15) is 5.10 Å². The number of aromatic nitrogens is 2. The van der Waals surface area contributed by atoms with Gasteiger partial charge in [-0.3, -0.25) is 4.90 Å². The average Bonchev–Trinajstić information content (AvgIpc) is 3.32. The van der Waals surface area contributed by atoms with Crippen molar-refractivity contribution in [3.8, 4) is 0 Å². The summed E-state index contributed by atoms with van der Waals surface area (Å²) in [6, 6.07) is 3.14. The highest BCUT2D eigenvalue weighted by atomic mass is 32.2. The second kappa shape index (κ2) is 7.07. The number of nitrogens with two attached hydrogens (primary N) is 1. The lowest BCUT2D eigenvalue weighted by Crippen LogP contribution is -2.47. The molecule has 4 atom stereocenters. The maximum Gasteiger partial charge on any atom is 0.147 e. The molecule has 0 aliphatic carbocycles. The summed E-state index contributed by atoms with van der Waals surface area (Å²) in [5, 5.41) is 4.71. The summed E-state index contributed by atoms with van der Waals surface area (Å²) >= 11 is 1.61. The molecule has 0 amide bonds. The van der Waals surface area contributed by atoms with E-state index in [1.165, 1.54) is 11.6 Å². The van der Waals surface area contributed by atoms with Gasteiger partial charge in [-0.15, -0.1) is 0 Å². The minimum absolute atomic E-state index is 0.129. The molecule has 1 aromatic heterocycles. The zero-order chi connectivity index (χ0) is 19.4. The minimum Gasteiger partial charge on any atom is -0.370 e. The Morgan fingerprint density at radius 1 is 1.21 bits per heavy atom. The van der Waals surface area contributed by atoms with Crippen LogP contribution in [0, 0.1) is 18.6 Å². The molecule has 2 saturated heterocycles. The number of epoxide rings is 1. The molecular formula is C19H22F2N4O2S. The van der Waals surface area contributed by atoms with E-state index in [9.17, 15) is 8.78 Å². The van der Waals surface area contributed by atoms with Gasteiger partial charge in [-0.25, -0.2) is 12.9 Å². The van der Waals surface area contributed by atoms with Crippen molar-refractivity contribution >= 4 is 11.9 Å². The predicted molar refractivity (Wildman–Crippen MR) is 100 cm³/mol. The molecule has 150 valence electrons. The maximum absolute atomic E-state index is 14.1. The van der Waals surface area contributed by atoms with Crippen LogP contribution in [0.4, 0.5) is 8.78 Å². The van der Waals surface area contributed by atoms with Crippen molar-refractivity contribution in [2.45, 2.75) is 50.1 Å². The van der Waals surface area contributed by atoms with Gasteiger partial charge in [0.1, 0.15) is 23.2 Å². The van der Waals surface area contributed by atoms with E-state index in [0.717, 1.165) is 43.2 Å². The van der Waals surface area contributed by atoms with Gasteiger partial charge in [0.05, 0.1) is 24.6 Å². The molecular weight excluding hydrogens is 386 g/mol. The van der Waals surface area contributed by atoms with Crippen molar-refractivity contribution in [1.29, 1.82) is 0 Å². The number of hydrogen-bond acceptors (Lipinski definition) is 6. The fourth-order valence-electron chi connectivity index (χ4n) is 4.08. The van der Waals surface area contributed by atoms with Crippen LogP contribution < -0.4 is 5.73 Å². The normalized spacial score (nSPS) is 29.9. The van der Waals surface area contributed by atoms with Gasteiger partial charge < -0.3 is 15.2 Å². The van der Waals surface area contributed by atoms with E-state index in [0.29, 0.717) is 13.0 Å². The van der Waals surface area contributed by atoms with E-state index in [4.69, 9.17) is 20.3 Å². The Hall–Kier alpha value is -1.52. The molecule has 3 aliphatic heterocycles. The molecule has 28 heavy (non-hydrogen) atoms. The highest BCUT2D eigenvalue weighted by Crippen LogP contribution is 2.36. The van der Waals surface area contributed by atoms with Crippen molar-refractivity contribution < 1.29 is 18.3 Å². The number of hydrogen-bond donors (Lipinski definition) is 1. The van der Waals surface area contributed by atoms with Gasteiger partial charge in [0, 0.05) is 48.2 Å². The lowest BCUT2D eigenvalue weighted by molar-refractivity contribution is -0.0533. The summed E-state index contributed by atoms with van der Waals surface area (Å²) in [6.45, 7) is 4.84. The Kier molecular flexibility index (Phi) is 4.67. The fourth-order valence-corrected chi connectivity index (χ4v) is 4.91. The molecule has 3 unspecified atom stereocenters. The lowest BCUT2D eigenvalue weighted by Gasteiger charge is -2.38. The molecule has 5 rings (SSSR count). The van der Waals surface area contributed by atoms with Crippen LogP contribution in [0.3, 0.4) is 0 Å². The van der Waals surface area contributed by atoms with Crippen LogP contribution in [0.25, 0.3) is 0 Å². The third-order valence-electron chi connectivity index (χ3n) is 5.70. The van der Waals surface area contributed by atoms with Crippen molar-refractivity contribution in [3.05, 3.63) is 52.3 Å². The number of halogens is 2. The van der Waals surface area contributed by atoms with Crippen molar-refractivity contribution in [1.82, 2.24) is 14.1 Å². The molecule has 9 heteroatoms. The Labute approximate surface area is 166 Å². The van der Waals surface area contributed by atoms with Crippen molar-refractivity contribution in [2.75, 3.05) is 13.2 Å². The van der Waals surface area contributed by atoms with E-state index in [2.05, 4.69) is 11.8 Å². The smallest absolute Gasteiger partial charge is 0.147 e. The van der Waals surface area contributed by atoms with Gasteiger partial charge in [0.2, 0.25) is 0 Å². The van der Waals surface area contributed by atoms with E-state index in [-0.39, 0.29) is 17.0 Å². The summed E-state index contributed by atoms with van der Waals surface area (Å²) in [4.78, 5) is 2.31. The average molecular weight is 408 g/mol. The first-order valence-electron chi connectivity index (χ1n) is 9.42. The van der Waals surface area contributed by atoms with Crippen molar-refractivity contribution in [3.63, 3.8) is 0 Å². The lowest BCUT2D eigenvalue weighted by atomic mass is 9.93. The Balaban J connectivity index is 1.26. The van der Waals surface area contributed by atoms with Crippen molar-refractivity contribution in [2.24, 2.45) is 5.73 Å². The van der Waals surface area contributed by atoms with E-state index in [1.807, 2.05) is 4.09 Å². The number of rotatable bonds is 4. The monoisotopic (exact) mass is 408 g/mol. The van der Waals surface area contributed by atoms with E-state index >= 15 is 0 Å². The molecule has 2 fully saturated rings. The SMILES string of the molecule is Cc1c2c(nn1SC1CO1)CN(C1CO[C@H](c3cc(F)ccc3F)C(N)C1)C2. The molecule has 3 aliphatic rings. The van der Waals surface area contributed by atoms with Crippen LogP contribution in [0.5, 0.6) is 0 Å². The molecule has 2 N–H and O–H groups in total. The Morgan fingerprint density at radius 3 is 2.75 bits per heavy atom. The van der Waals surface area contributed by atoms with Gasteiger partial charge in [0.15, 0.2) is 0 Å². The molecule has 0 spiro atoms. The van der Waals surface area contributed by atoms with Crippen LogP contribution in [-0.2, 0) is 22.6 Å². The summed E-state index contributed by atoms with van der Waals surface area (Å²) in [5.41, 5.74) is 10.2. The maximum atomic E-state index is 14.1. The second-order valence-corrected chi connectivity index (χ2v) is 8.71. The standard InChI is InChI=1S/C19H22F2N4O2S/c1-10-14-6-24(7-17(14)23-25(10)28-18-9-26-18)12-5-16(22)19(27-8-12)13-4-11(20)2-3-15(13)21/h2-4,12,16,18-19H,5-9,22H2,1H3/t12?,16?,18?,19-/m1/s1.